The highest BCUT2D eigenvalue weighted by Gasteiger charge is 2.16. The zero-order valence-corrected chi connectivity index (χ0v) is 12.5. The van der Waals surface area contributed by atoms with E-state index in [2.05, 4.69) is 10.6 Å². The molecule has 116 valence electrons. The van der Waals surface area contributed by atoms with E-state index >= 15 is 0 Å². The third-order valence-electron chi connectivity index (χ3n) is 2.71. The number of carbonyl (C=O) groups is 2. The van der Waals surface area contributed by atoms with E-state index in [9.17, 15) is 9.59 Å². The van der Waals surface area contributed by atoms with Gasteiger partial charge in [-0.05, 0) is 38.1 Å². The Morgan fingerprint density at radius 3 is 2.59 bits per heavy atom. The van der Waals surface area contributed by atoms with Crippen molar-refractivity contribution in [3.05, 3.63) is 48.4 Å². The van der Waals surface area contributed by atoms with Crippen molar-refractivity contribution in [3.63, 3.8) is 0 Å². The van der Waals surface area contributed by atoms with Gasteiger partial charge in [0.25, 0.3) is 0 Å². The van der Waals surface area contributed by atoms with E-state index < -0.39 is 11.8 Å². The van der Waals surface area contributed by atoms with Crippen LogP contribution in [0.15, 0.2) is 47.1 Å². The van der Waals surface area contributed by atoms with Gasteiger partial charge >= 0.3 is 11.8 Å². The molecule has 0 saturated carbocycles. The molecule has 1 aromatic carbocycles. The standard InChI is InChI=1S/C16H18N2O4/c1-11(2)22-14-8-4-3-7-13(14)18-16(20)15(19)17-10-12-6-5-9-21-12/h3-9,11H,10H2,1-2H3,(H,17,19)(H,18,20). The van der Waals surface area contributed by atoms with Gasteiger partial charge in [-0.25, -0.2) is 0 Å². The number of nitrogens with one attached hydrogen (secondary N) is 2. The van der Waals surface area contributed by atoms with E-state index in [4.69, 9.17) is 9.15 Å². The smallest absolute Gasteiger partial charge is 0.313 e. The van der Waals surface area contributed by atoms with Gasteiger partial charge in [-0.15, -0.1) is 0 Å². The van der Waals surface area contributed by atoms with Crippen LogP contribution in [0.1, 0.15) is 19.6 Å². The second-order valence-corrected chi connectivity index (χ2v) is 4.88. The minimum absolute atomic E-state index is 0.0363. The molecule has 1 aromatic heterocycles. The first-order valence-corrected chi connectivity index (χ1v) is 6.93. The number of anilines is 1. The van der Waals surface area contributed by atoms with Crippen LogP contribution in [0.3, 0.4) is 0 Å². The molecule has 1 heterocycles. The Morgan fingerprint density at radius 1 is 1.14 bits per heavy atom. The lowest BCUT2D eigenvalue weighted by molar-refractivity contribution is -0.136. The van der Waals surface area contributed by atoms with Gasteiger partial charge in [-0.2, -0.15) is 0 Å². The molecule has 2 amide bonds. The van der Waals surface area contributed by atoms with Gasteiger partial charge in [-0.1, -0.05) is 12.1 Å². The molecule has 2 rings (SSSR count). The Bertz CT molecular complexity index is 635. The van der Waals surface area contributed by atoms with Crippen LogP contribution in [-0.2, 0) is 16.1 Å². The first-order valence-electron chi connectivity index (χ1n) is 6.93. The van der Waals surface area contributed by atoms with Crippen LogP contribution < -0.4 is 15.4 Å². The molecule has 0 bridgehead atoms. The Morgan fingerprint density at radius 2 is 1.91 bits per heavy atom. The third-order valence-corrected chi connectivity index (χ3v) is 2.71. The SMILES string of the molecule is CC(C)Oc1ccccc1NC(=O)C(=O)NCc1ccco1. The van der Waals surface area contributed by atoms with E-state index in [1.165, 1.54) is 6.26 Å². The Kier molecular flexibility index (Phi) is 5.19. The first-order chi connectivity index (χ1) is 10.6. The predicted octanol–water partition coefficient (Wildman–Crippen LogP) is 2.32. The van der Waals surface area contributed by atoms with Crippen LogP contribution in [0, 0.1) is 0 Å². The summed E-state index contributed by atoms with van der Waals surface area (Å²) < 4.78 is 10.7. The molecular weight excluding hydrogens is 284 g/mol. The minimum atomic E-state index is -0.758. The summed E-state index contributed by atoms with van der Waals surface area (Å²) in [5.41, 5.74) is 0.453. The second-order valence-electron chi connectivity index (χ2n) is 4.88. The van der Waals surface area contributed by atoms with E-state index in [-0.39, 0.29) is 12.6 Å². The molecule has 0 saturated heterocycles. The maximum Gasteiger partial charge on any atom is 0.313 e. The summed E-state index contributed by atoms with van der Waals surface area (Å²) in [5, 5.41) is 5.02. The molecule has 6 heteroatoms. The predicted molar refractivity (Wildman–Crippen MR) is 81.4 cm³/mol. The zero-order chi connectivity index (χ0) is 15.9. The zero-order valence-electron chi connectivity index (χ0n) is 12.5. The van der Waals surface area contributed by atoms with Gasteiger partial charge in [0.05, 0.1) is 24.6 Å². The fourth-order valence-corrected chi connectivity index (χ4v) is 1.77. The average molecular weight is 302 g/mol. The van der Waals surface area contributed by atoms with Crippen LogP contribution in [0.4, 0.5) is 5.69 Å². The van der Waals surface area contributed by atoms with Crippen molar-refractivity contribution >= 4 is 17.5 Å². The molecule has 0 aliphatic rings. The maximum atomic E-state index is 11.9. The van der Waals surface area contributed by atoms with Crippen LogP contribution in [0.25, 0.3) is 0 Å². The van der Waals surface area contributed by atoms with Crippen LogP contribution in [0.2, 0.25) is 0 Å². The van der Waals surface area contributed by atoms with Crippen molar-refractivity contribution in [2.24, 2.45) is 0 Å². The maximum absolute atomic E-state index is 11.9. The van der Waals surface area contributed by atoms with Crippen molar-refractivity contribution in [3.8, 4) is 5.75 Å². The van der Waals surface area contributed by atoms with Crippen molar-refractivity contribution in [2.75, 3.05) is 5.32 Å². The second kappa shape index (κ2) is 7.31. The number of rotatable bonds is 5. The van der Waals surface area contributed by atoms with E-state index in [0.717, 1.165) is 0 Å². The highest BCUT2D eigenvalue weighted by atomic mass is 16.5. The number of carbonyl (C=O) groups excluding carboxylic acids is 2. The van der Waals surface area contributed by atoms with Crippen molar-refractivity contribution in [2.45, 2.75) is 26.5 Å². The first kappa shape index (κ1) is 15.6. The van der Waals surface area contributed by atoms with E-state index in [1.807, 2.05) is 13.8 Å². The van der Waals surface area contributed by atoms with Gasteiger partial charge in [0, 0.05) is 0 Å². The highest BCUT2D eigenvalue weighted by molar-refractivity contribution is 6.39. The number of amides is 2. The summed E-state index contributed by atoms with van der Waals surface area (Å²) >= 11 is 0. The summed E-state index contributed by atoms with van der Waals surface area (Å²) in [5.74, 6) is -0.406. The molecule has 0 fully saturated rings. The Balaban J connectivity index is 1.95. The Labute approximate surface area is 128 Å². The molecule has 0 unspecified atom stereocenters. The quantitative estimate of drug-likeness (QED) is 0.831. The molecule has 2 aromatic rings. The van der Waals surface area contributed by atoms with Crippen molar-refractivity contribution < 1.29 is 18.7 Å². The summed E-state index contributed by atoms with van der Waals surface area (Å²) in [6, 6.07) is 10.4. The van der Waals surface area contributed by atoms with Crippen molar-refractivity contribution in [1.82, 2.24) is 5.32 Å². The lowest BCUT2D eigenvalue weighted by Crippen LogP contribution is -2.35. The molecule has 0 aliphatic carbocycles. The Hall–Kier alpha value is -2.76. The van der Waals surface area contributed by atoms with Gasteiger partial charge in [0.1, 0.15) is 11.5 Å². The molecular formula is C16H18N2O4. The van der Waals surface area contributed by atoms with Gasteiger partial charge in [-0.3, -0.25) is 9.59 Å². The van der Waals surface area contributed by atoms with Crippen LogP contribution in [-0.4, -0.2) is 17.9 Å². The monoisotopic (exact) mass is 302 g/mol. The molecule has 6 nitrogen and oxygen atoms in total. The van der Waals surface area contributed by atoms with Gasteiger partial charge in [0.2, 0.25) is 0 Å². The van der Waals surface area contributed by atoms with Crippen LogP contribution in [0.5, 0.6) is 5.75 Å². The van der Waals surface area contributed by atoms with E-state index in [0.29, 0.717) is 17.2 Å². The molecule has 0 spiro atoms. The largest absolute Gasteiger partial charge is 0.489 e. The lowest BCUT2D eigenvalue weighted by Gasteiger charge is -2.14. The molecule has 22 heavy (non-hydrogen) atoms. The number of ether oxygens (including phenoxy) is 1. The number of hydrogen-bond donors (Lipinski definition) is 2. The number of furan rings is 1. The average Bonchev–Trinajstić information content (AvgIpc) is 2.99. The summed E-state index contributed by atoms with van der Waals surface area (Å²) in [6.07, 6.45) is 1.46. The molecule has 0 radical (unpaired) electrons. The molecule has 2 N–H and O–H groups in total. The fraction of sp³-hybridized carbons (Fsp3) is 0.250. The van der Waals surface area contributed by atoms with Crippen LogP contribution >= 0.6 is 0 Å². The van der Waals surface area contributed by atoms with Gasteiger partial charge in [0.15, 0.2) is 0 Å². The number of para-hydroxylation sites is 2. The highest BCUT2D eigenvalue weighted by Crippen LogP contribution is 2.24. The van der Waals surface area contributed by atoms with E-state index in [1.54, 1.807) is 36.4 Å². The number of benzene rings is 1. The topological polar surface area (TPSA) is 80.6 Å². The summed E-state index contributed by atoms with van der Waals surface area (Å²) in [4.78, 5) is 23.7. The summed E-state index contributed by atoms with van der Waals surface area (Å²) in [7, 11) is 0. The normalized spacial score (nSPS) is 10.3. The number of hydrogen-bond acceptors (Lipinski definition) is 4. The fourth-order valence-electron chi connectivity index (χ4n) is 1.77. The van der Waals surface area contributed by atoms with Gasteiger partial charge < -0.3 is 19.8 Å². The molecule has 0 atom stereocenters. The van der Waals surface area contributed by atoms with Crippen molar-refractivity contribution in [1.29, 1.82) is 0 Å². The third kappa shape index (κ3) is 4.37. The lowest BCUT2D eigenvalue weighted by atomic mass is 10.3. The molecule has 0 aliphatic heterocycles. The summed E-state index contributed by atoms with van der Waals surface area (Å²) in [6.45, 7) is 3.92. The minimum Gasteiger partial charge on any atom is -0.489 e.